The van der Waals surface area contributed by atoms with E-state index in [1.807, 2.05) is 25.5 Å². The van der Waals surface area contributed by atoms with Gasteiger partial charge < -0.3 is 5.11 Å². The van der Waals surface area contributed by atoms with E-state index in [1.165, 1.54) is 23.1 Å². The van der Waals surface area contributed by atoms with Crippen LogP contribution in [-0.4, -0.2) is 34.8 Å². The first-order valence-electron chi connectivity index (χ1n) is 7.38. The number of hydrogen-bond acceptors (Lipinski definition) is 6. The van der Waals surface area contributed by atoms with Crippen molar-refractivity contribution in [3.05, 3.63) is 16.0 Å². The lowest BCUT2D eigenvalue weighted by Gasteiger charge is -2.31. The highest BCUT2D eigenvalue weighted by Gasteiger charge is 2.58. The maximum atomic E-state index is 13.0. The van der Waals surface area contributed by atoms with Crippen LogP contribution in [0, 0.1) is 0 Å². The lowest BCUT2D eigenvalue weighted by Crippen LogP contribution is -2.52. The first kappa shape index (κ1) is 17.8. The molecule has 9 heteroatoms. The number of ketones is 1. The van der Waals surface area contributed by atoms with Crippen LogP contribution in [0.1, 0.15) is 53.9 Å². The summed E-state index contributed by atoms with van der Waals surface area (Å²) in [5.41, 5.74) is -0.0246. The summed E-state index contributed by atoms with van der Waals surface area (Å²) >= 11 is 2.69. The molecule has 1 aliphatic heterocycles. The molecular formula is C15H17F3N2O2S2. The summed E-state index contributed by atoms with van der Waals surface area (Å²) in [4.78, 5) is 12.9. The second-order valence-corrected chi connectivity index (χ2v) is 8.78. The number of hydrazone groups is 1. The number of halogens is 3. The molecule has 0 unspecified atom stereocenters. The normalized spacial score (nSPS) is 26.1. The maximum absolute atomic E-state index is 13.0. The zero-order chi connectivity index (χ0) is 17.9. The molecule has 1 aromatic rings. The highest BCUT2D eigenvalue weighted by atomic mass is 32.2. The van der Waals surface area contributed by atoms with Gasteiger partial charge in [0.05, 0.1) is 21.2 Å². The Kier molecular flexibility index (Phi) is 4.05. The summed E-state index contributed by atoms with van der Waals surface area (Å²) in [5.74, 6) is 0.0221. The van der Waals surface area contributed by atoms with Crippen molar-refractivity contribution in [1.29, 1.82) is 0 Å². The lowest BCUT2D eigenvalue weighted by atomic mass is 9.72. The van der Waals surface area contributed by atoms with Crippen LogP contribution in [0.2, 0.25) is 0 Å². The molecule has 0 saturated heterocycles. The van der Waals surface area contributed by atoms with E-state index in [1.54, 1.807) is 0 Å². The zero-order valence-electron chi connectivity index (χ0n) is 13.4. The van der Waals surface area contributed by atoms with Crippen molar-refractivity contribution in [3.63, 3.8) is 0 Å². The SMILES string of the molecule is CSc1sc(C2=NN[C@@](O)(C(F)(F)F)C2)c2c1C(=O)CCC2(C)C. The summed E-state index contributed by atoms with van der Waals surface area (Å²) in [7, 11) is 0. The van der Waals surface area contributed by atoms with E-state index in [0.717, 1.165) is 9.77 Å². The predicted molar refractivity (Wildman–Crippen MR) is 88.0 cm³/mol. The van der Waals surface area contributed by atoms with Gasteiger partial charge in [0, 0.05) is 12.0 Å². The third kappa shape index (κ3) is 2.57. The second-order valence-electron chi connectivity index (χ2n) is 6.68. The van der Waals surface area contributed by atoms with E-state index in [0.29, 0.717) is 23.3 Å². The van der Waals surface area contributed by atoms with Crippen molar-refractivity contribution in [3.8, 4) is 0 Å². The number of aliphatic hydroxyl groups is 1. The van der Waals surface area contributed by atoms with Gasteiger partial charge in [-0.3, -0.25) is 10.2 Å². The third-order valence-corrected chi connectivity index (χ3v) is 6.88. The van der Waals surface area contributed by atoms with Crippen LogP contribution in [-0.2, 0) is 5.41 Å². The Morgan fingerprint density at radius 3 is 2.58 bits per heavy atom. The molecule has 0 radical (unpaired) electrons. The fourth-order valence-corrected chi connectivity index (χ4v) is 5.33. The quantitative estimate of drug-likeness (QED) is 0.771. The van der Waals surface area contributed by atoms with Crippen LogP contribution in [0.25, 0.3) is 0 Å². The lowest BCUT2D eigenvalue weighted by molar-refractivity contribution is -0.266. The van der Waals surface area contributed by atoms with Gasteiger partial charge in [-0.15, -0.1) is 23.1 Å². The summed E-state index contributed by atoms with van der Waals surface area (Å²) in [6, 6.07) is 0. The van der Waals surface area contributed by atoms with Crippen molar-refractivity contribution in [2.75, 3.05) is 6.26 Å². The van der Waals surface area contributed by atoms with Gasteiger partial charge >= 0.3 is 6.18 Å². The van der Waals surface area contributed by atoms with Crippen LogP contribution in [0.4, 0.5) is 13.2 Å². The fourth-order valence-electron chi connectivity index (χ4n) is 3.11. The average molecular weight is 378 g/mol. The van der Waals surface area contributed by atoms with Crippen LogP contribution >= 0.6 is 23.1 Å². The van der Waals surface area contributed by atoms with E-state index in [4.69, 9.17) is 0 Å². The van der Waals surface area contributed by atoms with E-state index in [-0.39, 0.29) is 16.9 Å². The molecule has 24 heavy (non-hydrogen) atoms. The van der Waals surface area contributed by atoms with Crippen LogP contribution in [0.5, 0.6) is 0 Å². The maximum Gasteiger partial charge on any atom is 0.438 e. The first-order valence-corrected chi connectivity index (χ1v) is 9.42. The summed E-state index contributed by atoms with van der Waals surface area (Å²) in [5, 5.41) is 13.5. The van der Waals surface area contributed by atoms with Gasteiger partial charge in [0.25, 0.3) is 5.72 Å². The van der Waals surface area contributed by atoms with Gasteiger partial charge in [-0.1, -0.05) is 13.8 Å². The van der Waals surface area contributed by atoms with Crippen molar-refractivity contribution in [2.45, 2.75) is 54.6 Å². The number of thioether (sulfide) groups is 1. The van der Waals surface area contributed by atoms with Gasteiger partial charge in [-0.2, -0.15) is 18.3 Å². The monoisotopic (exact) mass is 378 g/mol. The number of alkyl halides is 3. The van der Waals surface area contributed by atoms with E-state index >= 15 is 0 Å². The molecule has 132 valence electrons. The zero-order valence-corrected chi connectivity index (χ0v) is 15.0. The van der Waals surface area contributed by atoms with Crippen molar-refractivity contribution in [1.82, 2.24) is 5.43 Å². The number of carbonyl (C=O) groups excluding carboxylic acids is 1. The summed E-state index contributed by atoms with van der Waals surface area (Å²) in [6.45, 7) is 3.97. The van der Waals surface area contributed by atoms with Gasteiger partial charge in [-0.25, -0.2) is 0 Å². The van der Waals surface area contributed by atoms with Gasteiger partial charge in [0.1, 0.15) is 0 Å². The minimum atomic E-state index is -4.83. The number of carbonyl (C=O) groups is 1. The van der Waals surface area contributed by atoms with Gasteiger partial charge in [0.15, 0.2) is 5.78 Å². The molecule has 1 atom stereocenters. The number of rotatable bonds is 2. The van der Waals surface area contributed by atoms with E-state index in [2.05, 4.69) is 5.10 Å². The summed E-state index contributed by atoms with van der Waals surface area (Å²) in [6.07, 6.45) is -2.59. The average Bonchev–Trinajstić information content (AvgIpc) is 3.05. The van der Waals surface area contributed by atoms with Crippen molar-refractivity contribution < 1.29 is 23.1 Å². The minimum absolute atomic E-state index is 0.0221. The molecule has 1 aliphatic carbocycles. The second kappa shape index (κ2) is 5.47. The topological polar surface area (TPSA) is 61.7 Å². The molecule has 2 N–H and O–H groups in total. The van der Waals surface area contributed by atoms with Crippen molar-refractivity contribution in [2.24, 2.45) is 5.10 Å². The molecule has 0 spiro atoms. The van der Waals surface area contributed by atoms with Crippen LogP contribution in [0.3, 0.4) is 0 Å². The number of Topliss-reactive ketones (excluding diaryl/α,β-unsaturated/α-hetero) is 1. The molecule has 0 saturated carbocycles. The number of fused-ring (bicyclic) bond motifs is 1. The number of thiophene rings is 1. The molecule has 1 aromatic heterocycles. The molecule has 4 nitrogen and oxygen atoms in total. The minimum Gasteiger partial charge on any atom is -0.362 e. The highest BCUT2D eigenvalue weighted by Crippen LogP contribution is 2.48. The highest BCUT2D eigenvalue weighted by molar-refractivity contribution is 8.00. The van der Waals surface area contributed by atoms with E-state index in [9.17, 15) is 23.1 Å². The Morgan fingerprint density at radius 2 is 2.04 bits per heavy atom. The summed E-state index contributed by atoms with van der Waals surface area (Å²) < 4.78 is 39.8. The number of nitrogens with one attached hydrogen (secondary N) is 1. The molecular weight excluding hydrogens is 361 g/mol. The predicted octanol–water partition coefficient (Wildman–Crippen LogP) is 3.67. The molecule has 0 bridgehead atoms. The van der Waals surface area contributed by atoms with Crippen LogP contribution < -0.4 is 5.43 Å². The Hall–Kier alpha value is -1.06. The Labute approximate surface area is 145 Å². The Bertz CT molecular complexity index is 740. The largest absolute Gasteiger partial charge is 0.438 e. The molecule has 2 aliphatic rings. The molecule has 0 fully saturated rings. The van der Waals surface area contributed by atoms with Gasteiger partial charge in [-0.05, 0) is 23.7 Å². The smallest absolute Gasteiger partial charge is 0.362 e. The molecule has 2 heterocycles. The molecule has 0 aromatic carbocycles. The fraction of sp³-hybridized carbons (Fsp3) is 0.600. The first-order chi connectivity index (χ1) is 11.0. The Morgan fingerprint density at radius 1 is 1.38 bits per heavy atom. The van der Waals surface area contributed by atoms with E-state index < -0.39 is 18.3 Å². The van der Waals surface area contributed by atoms with Crippen LogP contribution in [0.15, 0.2) is 9.31 Å². The molecule has 0 amide bonds. The van der Waals surface area contributed by atoms with Crippen molar-refractivity contribution >= 4 is 34.6 Å². The molecule has 3 rings (SSSR count). The van der Waals surface area contributed by atoms with Gasteiger partial charge in [0.2, 0.25) is 0 Å². The number of hydrogen-bond donors (Lipinski definition) is 2. The standard InChI is InChI=1S/C15H17F3N2O2S2/c1-13(2)5-4-8(21)9-10(13)11(24-12(9)23-3)7-6-14(22,20-19-7)15(16,17)18/h20,22H,4-6H2,1-3H3/t14-/m0/s1. The third-order valence-electron chi connectivity index (χ3n) is 4.52. The Balaban J connectivity index is 2.10. The number of nitrogens with zero attached hydrogens (tertiary/aromatic N) is 1.